The van der Waals surface area contributed by atoms with E-state index in [4.69, 9.17) is 10.3 Å². The molecule has 0 aromatic heterocycles. The molecule has 0 bridgehead atoms. The number of nitrogens with one attached hydrogen (secondary N) is 2. The van der Waals surface area contributed by atoms with Crippen molar-refractivity contribution in [2.24, 2.45) is 10.3 Å². The van der Waals surface area contributed by atoms with E-state index >= 15 is 0 Å². The number of hydrogen-bond donors (Lipinski definition) is 4. The number of hydrazine groups is 1. The average molecular weight is 342 g/mol. The molecule has 10 heteroatoms. The van der Waals surface area contributed by atoms with E-state index in [1.54, 1.807) is 0 Å². The molecular weight excluding hydrogens is 328 g/mol. The van der Waals surface area contributed by atoms with Gasteiger partial charge in [-0.3, -0.25) is 0 Å². The highest BCUT2D eigenvalue weighted by Crippen LogP contribution is 2.15. The van der Waals surface area contributed by atoms with Crippen LogP contribution in [0, 0.1) is 0 Å². The van der Waals surface area contributed by atoms with E-state index in [0.29, 0.717) is 11.4 Å². The summed E-state index contributed by atoms with van der Waals surface area (Å²) in [6.07, 6.45) is 0. The van der Waals surface area contributed by atoms with Crippen LogP contribution in [0.2, 0.25) is 0 Å². The molecule has 22 heavy (non-hydrogen) atoms. The zero-order valence-corrected chi connectivity index (χ0v) is 12.9. The molecule has 0 aliphatic heterocycles. The van der Waals surface area contributed by atoms with Crippen LogP contribution in [0.1, 0.15) is 0 Å². The molecule has 0 fully saturated rings. The summed E-state index contributed by atoms with van der Waals surface area (Å²) in [6, 6.07) is 11.6. The molecule has 118 valence electrons. The Morgan fingerprint density at radius 3 is 1.09 bits per heavy atom. The molecule has 0 atom stereocenters. The maximum atomic E-state index is 11.1. The largest absolute Gasteiger partial charge is 0.301 e. The first-order chi connectivity index (χ1) is 10.2. The van der Waals surface area contributed by atoms with Gasteiger partial charge in [0, 0.05) is 0 Å². The lowest BCUT2D eigenvalue weighted by Crippen LogP contribution is -2.13. The van der Waals surface area contributed by atoms with E-state index < -0.39 is 20.0 Å². The minimum Gasteiger partial charge on any atom is -0.301 e. The summed E-state index contributed by atoms with van der Waals surface area (Å²) in [5, 5.41) is 10.00. The summed E-state index contributed by atoms with van der Waals surface area (Å²) in [7, 11) is -7.44. The maximum Gasteiger partial charge on any atom is 0.238 e. The van der Waals surface area contributed by atoms with Crippen LogP contribution < -0.4 is 21.1 Å². The molecule has 0 radical (unpaired) electrons. The molecule has 6 N–H and O–H groups in total. The topological polar surface area (TPSA) is 144 Å². The van der Waals surface area contributed by atoms with E-state index in [1.807, 2.05) is 0 Å². The second-order valence-electron chi connectivity index (χ2n) is 4.39. The lowest BCUT2D eigenvalue weighted by atomic mass is 10.3. The fourth-order valence-electron chi connectivity index (χ4n) is 1.60. The summed E-state index contributed by atoms with van der Waals surface area (Å²) >= 11 is 0. The molecule has 2 aromatic carbocycles. The lowest BCUT2D eigenvalue weighted by molar-refractivity contribution is 0.596. The summed E-state index contributed by atoms with van der Waals surface area (Å²) in [4.78, 5) is 0.0195. The Balaban J connectivity index is 2.04. The second-order valence-corrected chi connectivity index (χ2v) is 7.51. The van der Waals surface area contributed by atoms with Crippen LogP contribution >= 0.6 is 0 Å². The highest BCUT2D eigenvalue weighted by Gasteiger charge is 2.07. The molecule has 0 saturated carbocycles. The van der Waals surface area contributed by atoms with Crippen molar-refractivity contribution in [2.45, 2.75) is 9.79 Å². The smallest absolute Gasteiger partial charge is 0.238 e. The zero-order valence-electron chi connectivity index (χ0n) is 11.2. The maximum absolute atomic E-state index is 11.1. The van der Waals surface area contributed by atoms with E-state index in [0.717, 1.165) is 0 Å². The normalized spacial score (nSPS) is 11.9. The monoisotopic (exact) mass is 342 g/mol. The molecule has 0 aliphatic carbocycles. The van der Waals surface area contributed by atoms with Gasteiger partial charge in [0.1, 0.15) is 0 Å². The number of hydrogen-bond acceptors (Lipinski definition) is 6. The van der Waals surface area contributed by atoms with Gasteiger partial charge in [-0.05, 0) is 48.5 Å². The van der Waals surface area contributed by atoms with E-state index in [2.05, 4.69) is 10.9 Å². The van der Waals surface area contributed by atoms with E-state index in [9.17, 15) is 16.8 Å². The van der Waals surface area contributed by atoms with Crippen LogP contribution in [0.3, 0.4) is 0 Å². The van der Waals surface area contributed by atoms with Crippen molar-refractivity contribution < 1.29 is 16.8 Å². The Labute approximate surface area is 128 Å². The molecule has 0 aliphatic rings. The number of primary sulfonamides is 2. The Morgan fingerprint density at radius 2 is 0.864 bits per heavy atom. The highest BCUT2D eigenvalue weighted by atomic mass is 32.2. The van der Waals surface area contributed by atoms with Gasteiger partial charge in [0.15, 0.2) is 0 Å². The van der Waals surface area contributed by atoms with E-state index in [1.165, 1.54) is 48.5 Å². The molecule has 0 spiro atoms. The van der Waals surface area contributed by atoms with Crippen molar-refractivity contribution in [1.82, 2.24) is 0 Å². The van der Waals surface area contributed by atoms with Crippen LogP contribution in [0.15, 0.2) is 58.3 Å². The van der Waals surface area contributed by atoms with Crippen LogP contribution in [-0.2, 0) is 20.0 Å². The molecule has 8 nitrogen and oxygen atoms in total. The van der Waals surface area contributed by atoms with Crippen molar-refractivity contribution in [3.8, 4) is 0 Å². The quantitative estimate of drug-likeness (QED) is 0.580. The fourth-order valence-corrected chi connectivity index (χ4v) is 2.63. The fraction of sp³-hybridized carbons (Fsp3) is 0. The van der Waals surface area contributed by atoms with Crippen LogP contribution in [0.25, 0.3) is 0 Å². The summed E-state index contributed by atoms with van der Waals surface area (Å²) in [5.74, 6) is 0. The number of rotatable bonds is 5. The molecule has 2 rings (SSSR count). The second kappa shape index (κ2) is 5.93. The Kier molecular flexibility index (Phi) is 4.37. The SMILES string of the molecule is NS(=O)(=O)c1ccc(NNc2ccc(S(N)(=O)=O)cc2)cc1. The number of nitrogens with two attached hydrogens (primary N) is 2. The van der Waals surface area contributed by atoms with Crippen molar-refractivity contribution >= 4 is 31.4 Å². The first kappa shape index (κ1) is 16.2. The highest BCUT2D eigenvalue weighted by molar-refractivity contribution is 7.89. The van der Waals surface area contributed by atoms with Crippen molar-refractivity contribution in [1.29, 1.82) is 0 Å². The molecule has 0 heterocycles. The first-order valence-corrected chi connectivity index (χ1v) is 9.03. The van der Waals surface area contributed by atoms with Gasteiger partial charge in [0.2, 0.25) is 20.0 Å². The van der Waals surface area contributed by atoms with Crippen molar-refractivity contribution in [3.05, 3.63) is 48.5 Å². The number of anilines is 2. The van der Waals surface area contributed by atoms with Gasteiger partial charge in [0.25, 0.3) is 0 Å². The standard InChI is InChI=1S/C12H14N4O4S2/c13-21(17,18)11-5-1-9(2-6-11)15-16-10-3-7-12(8-4-10)22(14,19)20/h1-8,15-16H,(H2,13,17,18)(H2,14,19,20). The zero-order chi connectivity index (χ0) is 16.4. The Hall–Kier alpha value is -2.14. The van der Waals surface area contributed by atoms with Gasteiger partial charge < -0.3 is 10.9 Å². The number of benzene rings is 2. The minimum absolute atomic E-state index is 0.00977. The molecule has 0 amide bonds. The first-order valence-electron chi connectivity index (χ1n) is 5.94. The van der Waals surface area contributed by atoms with Gasteiger partial charge in [-0.25, -0.2) is 27.1 Å². The van der Waals surface area contributed by atoms with Crippen LogP contribution in [-0.4, -0.2) is 16.8 Å². The predicted octanol–water partition coefficient (Wildman–Crippen LogP) is 0.420. The van der Waals surface area contributed by atoms with Gasteiger partial charge >= 0.3 is 0 Å². The number of sulfonamides is 2. The molecule has 2 aromatic rings. The molecule has 0 saturated heterocycles. The van der Waals surface area contributed by atoms with Gasteiger partial charge in [-0.15, -0.1) is 0 Å². The van der Waals surface area contributed by atoms with Gasteiger partial charge in [0.05, 0.1) is 21.2 Å². The Bertz CT molecular complexity index is 785. The third-order valence-electron chi connectivity index (χ3n) is 2.72. The molecular formula is C12H14N4O4S2. The van der Waals surface area contributed by atoms with Crippen LogP contribution in [0.5, 0.6) is 0 Å². The Morgan fingerprint density at radius 1 is 0.591 bits per heavy atom. The van der Waals surface area contributed by atoms with E-state index in [-0.39, 0.29) is 9.79 Å². The summed E-state index contributed by atoms with van der Waals surface area (Å²) in [6.45, 7) is 0. The van der Waals surface area contributed by atoms with Crippen molar-refractivity contribution in [2.75, 3.05) is 10.9 Å². The van der Waals surface area contributed by atoms with Crippen LogP contribution in [0.4, 0.5) is 11.4 Å². The van der Waals surface area contributed by atoms with Gasteiger partial charge in [-0.1, -0.05) is 0 Å². The van der Waals surface area contributed by atoms with Crippen molar-refractivity contribution in [3.63, 3.8) is 0 Å². The molecule has 0 unspecified atom stereocenters. The predicted molar refractivity (Wildman–Crippen MR) is 82.9 cm³/mol. The summed E-state index contributed by atoms with van der Waals surface area (Å²) in [5.41, 5.74) is 6.86. The lowest BCUT2D eigenvalue weighted by Gasteiger charge is -2.10. The average Bonchev–Trinajstić information content (AvgIpc) is 2.44. The summed E-state index contributed by atoms with van der Waals surface area (Å²) < 4.78 is 44.5. The third-order valence-corrected chi connectivity index (χ3v) is 4.58. The van der Waals surface area contributed by atoms with Gasteiger partial charge in [-0.2, -0.15) is 0 Å². The minimum atomic E-state index is -3.72. The third kappa shape index (κ3) is 4.18.